The zero-order valence-electron chi connectivity index (χ0n) is 21.3. The zero-order valence-corrected chi connectivity index (χ0v) is 21.3. The molecule has 0 aromatic heterocycles. The molecule has 5 rings (SSSR count). The van der Waals surface area contributed by atoms with E-state index in [9.17, 15) is 20.4 Å². The molecule has 4 N–H and O–H groups in total. The van der Waals surface area contributed by atoms with E-state index in [4.69, 9.17) is 0 Å². The predicted octanol–water partition coefficient (Wildman–Crippen LogP) is 4.47. The number of allylic oxidation sites excluding steroid dienone is 1. The van der Waals surface area contributed by atoms with Gasteiger partial charge in [0.05, 0.1) is 24.4 Å². The Labute approximate surface area is 200 Å². The lowest BCUT2D eigenvalue weighted by Crippen LogP contribution is -2.75. The summed E-state index contributed by atoms with van der Waals surface area (Å²) in [5.41, 5.74) is 0.837. The Balaban J connectivity index is 1.63. The van der Waals surface area contributed by atoms with Gasteiger partial charge in [0.15, 0.2) is 0 Å². The number of hydrogen-bond donors (Lipinski definition) is 4. The van der Waals surface area contributed by atoms with Gasteiger partial charge in [-0.1, -0.05) is 46.4 Å². The standard InChI is InChI=1S/C29H46O4/c1-15(2)17-8-11-26(4)18(17)9-13-28(6)21(26)14-20(31)24-27(5)12-10-19(30)16(3)22(27)23(32)25(33)29(24,28)7/h17-25,30-33H,1,3,8-14H2,2,4-7H3. The van der Waals surface area contributed by atoms with Crippen molar-refractivity contribution in [3.8, 4) is 0 Å². The Kier molecular flexibility index (Phi) is 5.23. The van der Waals surface area contributed by atoms with Crippen molar-refractivity contribution in [1.82, 2.24) is 0 Å². The maximum atomic E-state index is 11.9. The van der Waals surface area contributed by atoms with Gasteiger partial charge in [-0.25, -0.2) is 0 Å². The van der Waals surface area contributed by atoms with Gasteiger partial charge >= 0.3 is 0 Å². The molecule has 0 saturated heterocycles. The van der Waals surface area contributed by atoms with Crippen LogP contribution in [0, 0.1) is 51.2 Å². The summed E-state index contributed by atoms with van der Waals surface area (Å²) in [7, 11) is 0. The first kappa shape index (κ1) is 24.0. The van der Waals surface area contributed by atoms with Crippen LogP contribution in [-0.2, 0) is 0 Å². The number of fused-ring (bicyclic) bond motifs is 7. The second-order valence-corrected chi connectivity index (χ2v) is 13.7. The molecule has 0 amide bonds. The van der Waals surface area contributed by atoms with Crippen molar-refractivity contribution < 1.29 is 20.4 Å². The van der Waals surface area contributed by atoms with Gasteiger partial charge in [0, 0.05) is 11.3 Å². The third-order valence-corrected chi connectivity index (χ3v) is 12.7. The molecule has 0 spiro atoms. The maximum Gasteiger partial charge on any atom is 0.0876 e. The van der Waals surface area contributed by atoms with Crippen molar-refractivity contribution in [2.75, 3.05) is 0 Å². The third kappa shape index (κ3) is 2.68. The van der Waals surface area contributed by atoms with Crippen LogP contribution in [0.5, 0.6) is 0 Å². The first-order valence-electron chi connectivity index (χ1n) is 13.3. The van der Waals surface area contributed by atoms with Crippen LogP contribution in [0.15, 0.2) is 24.3 Å². The summed E-state index contributed by atoms with van der Waals surface area (Å²) in [4.78, 5) is 0. The predicted molar refractivity (Wildman–Crippen MR) is 130 cm³/mol. The molecule has 5 saturated carbocycles. The summed E-state index contributed by atoms with van der Waals surface area (Å²) in [6, 6.07) is 0. The van der Waals surface area contributed by atoms with Crippen LogP contribution in [0.4, 0.5) is 0 Å². The summed E-state index contributed by atoms with van der Waals surface area (Å²) in [5.74, 6) is 0.893. The summed E-state index contributed by atoms with van der Waals surface area (Å²) in [6.07, 6.45) is 3.42. The fourth-order valence-corrected chi connectivity index (χ4v) is 11.1. The SMILES string of the molecule is C=C(C)C1CCC2(C)C1CCC1(C)C2CC(O)C2C3(C)CCC(O)C(=C)C3C(O)C(O)C21C. The van der Waals surface area contributed by atoms with E-state index in [2.05, 4.69) is 47.8 Å². The Morgan fingerprint density at radius 1 is 0.909 bits per heavy atom. The normalized spacial score (nSPS) is 60.4. The lowest BCUT2D eigenvalue weighted by Gasteiger charge is -2.74. The molecule has 0 aliphatic heterocycles. The minimum absolute atomic E-state index is 0.111. The highest BCUT2D eigenvalue weighted by Crippen LogP contribution is 2.77. The van der Waals surface area contributed by atoms with Gasteiger partial charge in [0.25, 0.3) is 0 Å². The molecular weight excluding hydrogens is 412 g/mol. The topological polar surface area (TPSA) is 80.9 Å². The Hall–Kier alpha value is -0.680. The first-order chi connectivity index (χ1) is 15.2. The number of rotatable bonds is 1. The largest absolute Gasteiger partial charge is 0.393 e. The molecule has 0 aromatic carbocycles. The molecule has 186 valence electrons. The molecule has 5 aliphatic carbocycles. The van der Waals surface area contributed by atoms with Crippen molar-refractivity contribution in [2.45, 2.75) is 104 Å². The van der Waals surface area contributed by atoms with Crippen molar-refractivity contribution in [1.29, 1.82) is 0 Å². The lowest BCUT2D eigenvalue weighted by atomic mass is 9.31. The van der Waals surface area contributed by atoms with Crippen LogP contribution in [0.2, 0.25) is 0 Å². The quantitative estimate of drug-likeness (QED) is 0.437. The van der Waals surface area contributed by atoms with E-state index in [1.807, 2.05) is 0 Å². The van der Waals surface area contributed by atoms with Gasteiger partial charge in [0.2, 0.25) is 0 Å². The van der Waals surface area contributed by atoms with Crippen molar-refractivity contribution >= 4 is 0 Å². The maximum absolute atomic E-state index is 11.9. The van der Waals surface area contributed by atoms with Crippen molar-refractivity contribution in [2.24, 2.45) is 51.2 Å². The molecule has 5 aliphatic rings. The fraction of sp³-hybridized carbons (Fsp3) is 0.862. The molecular formula is C29H46O4. The first-order valence-corrected chi connectivity index (χ1v) is 13.3. The molecule has 4 nitrogen and oxygen atoms in total. The molecule has 4 heteroatoms. The van der Waals surface area contributed by atoms with Gasteiger partial charge < -0.3 is 20.4 Å². The van der Waals surface area contributed by atoms with Gasteiger partial charge in [-0.15, -0.1) is 0 Å². The average Bonchev–Trinajstić information content (AvgIpc) is 3.09. The van der Waals surface area contributed by atoms with Gasteiger partial charge in [-0.2, -0.15) is 0 Å². The minimum atomic E-state index is -0.973. The van der Waals surface area contributed by atoms with E-state index in [-0.39, 0.29) is 16.7 Å². The Morgan fingerprint density at radius 3 is 2.18 bits per heavy atom. The van der Waals surface area contributed by atoms with E-state index in [1.54, 1.807) is 0 Å². The number of aliphatic hydroxyl groups is 4. The molecule has 13 unspecified atom stereocenters. The van der Waals surface area contributed by atoms with Gasteiger partial charge in [-0.05, 0) is 97.4 Å². The summed E-state index contributed by atoms with van der Waals surface area (Å²) in [6.45, 7) is 19.8. The Morgan fingerprint density at radius 2 is 1.55 bits per heavy atom. The summed E-state index contributed by atoms with van der Waals surface area (Å²) < 4.78 is 0. The molecule has 33 heavy (non-hydrogen) atoms. The van der Waals surface area contributed by atoms with Crippen LogP contribution in [-0.4, -0.2) is 44.8 Å². The molecule has 13 atom stereocenters. The smallest absolute Gasteiger partial charge is 0.0876 e. The highest BCUT2D eigenvalue weighted by molar-refractivity contribution is 5.29. The van der Waals surface area contributed by atoms with Gasteiger partial charge in [-0.3, -0.25) is 0 Å². The molecule has 0 aromatic rings. The van der Waals surface area contributed by atoms with E-state index >= 15 is 0 Å². The molecule has 0 heterocycles. The second kappa shape index (κ2) is 7.18. The third-order valence-electron chi connectivity index (χ3n) is 12.7. The summed E-state index contributed by atoms with van der Waals surface area (Å²) in [5, 5.41) is 45.9. The molecule has 0 radical (unpaired) electrons. The van der Waals surface area contributed by atoms with Crippen LogP contribution in [0.3, 0.4) is 0 Å². The van der Waals surface area contributed by atoms with Crippen LogP contribution < -0.4 is 0 Å². The monoisotopic (exact) mass is 458 g/mol. The van der Waals surface area contributed by atoms with E-state index in [0.29, 0.717) is 29.7 Å². The highest BCUT2D eigenvalue weighted by atomic mass is 16.3. The highest BCUT2D eigenvalue weighted by Gasteiger charge is 2.75. The van der Waals surface area contributed by atoms with E-state index in [1.165, 1.54) is 12.0 Å². The zero-order chi connectivity index (χ0) is 24.3. The average molecular weight is 459 g/mol. The van der Waals surface area contributed by atoms with Crippen molar-refractivity contribution in [3.05, 3.63) is 24.3 Å². The second-order valence-electron chi connectivity index (χ2n) is 13.7. The van der Waals surface area contributed by atoms with Crippen LogP contribution >= 0.6 is 0 Å². The van der Waals surface area contributed by atoms with Crippen LogP contribution in [0.25, 0.3) is 0 Å². The summed E-state index contributed by atoms with van der Waals surface area (Å²) >= 11 is 0. The van der Waals surface area contributed by atoms with Gasteiger partial charge in [0.1, 0.15) is 0 Å². The van der Waals surface area contributed by atoms with Crippen molar-refractivity contribution in [3.63, 3.8) is 0 Å². The minimum Gasteiger partial charge on any atom is -0.393 e. The molecule has 0 bridgehead atoms. The lowest BCUT2D eigenvalue weighted by molar-refractivity contribution is -0.314. The Bertz CT molecular complexity index is 868. The van der Waals surface area contributed by atoms with E-state index in [0.717, 1.165) is 32.1 Å². The fourth-order valence-electron chi connectivity index (χ4n) is 11.1. The number of hydrogen-bond acceptors (Lipinski definition) is 4. The molecule has 5 fully saturated rings. The van der Waals surface area contributed by atoms with E-state index < -0.39 is 41.2 Å². The number of aliphatic hydroxyl groups excluding tert-OH is 4. The van der Waals surface area contributed by atoms with Crippen LogP contribution in [0.1, 0.15) is 79.6 Å².